The van der Waals surface area contributed by atoms with Gasteiger partial charge in [0.1, 0.15) is 18.0 Å². The van der Waals surface area contributed by atoms with Gasteiger partial charge in [-0.25, -0.2) is 9.37 Å². The Bertz CT molecular complexity index is 568. The Labute approximate surface area is 102 Å². The Morgan fingerprint density at radius 2 is 2.29 bits per heavy atom. The Morgan fingerprint density at radius 3 is 2.88 bits per heavy atom. The van der Waals surface area contributed by atoms with Gasteiger partial charge in [0.2, 0.25) is 0 Å². The summed E-state index contributed by atoms with van der Waals surface area (Å²) in [7, 11) is 1.70. The van der Waals surface area contributed by atoms with E-state index in [9.17, 15) is 9.18 Å². The quantitative estimate of drug-likeness (QED) is 0.787. The molecule has 88 valence electrons. The van der Waals surface area contributed by atoms with E-state index < -0.39 is 5.82 Å². The number of nitrogens with zero attached hydrogens (tertiary/aromatic N) is 3. The van der Waals surface area contributed by atoms with Crippen LogP contribution >= 0.6 is 11.6 Å². The van der Waals surface area contributed by atoms with Gasteiger partial charge in [-0.1, -0.05) is 11.6 Å². The zero-order valence-corrected chi connectivity index (χ0v) is 9.78. The first-order valence-electron chi connectivity index (χ1n) is 4.89. The molecular weight excluding hydrogens is 245 g/mol. The first-order chi connectivity index (χ1) is 8.08. The molecule has 0 radical (unpaired) electrons. The number of benzene rings is 1. The Balaban J connectivity index is 2.20. The summed E-state index contributed by atoms with van der Waals surface area (Å²) >= 11 is 5.61. The van der Waals surface area contributed by atoms with Crippen LogP contribution in [0.15, 0.2) is 24.5 Å². The minimum absolute atomic E-state index is 0.0613. The van der Waals surface area contributed by atoms with Crippen molar-refractivity contribution in [2.75, 3.05) is 0 Å². The fourth-order valence-corrected chi connectivity index (χ4v) is 1.58. The number of carbonyl (C=O) groups excluding carboxylic acids is 1. The van der Waals surface area contributed by atoms with Gasteiger partial charge in [-0.15, -0.1) is 0 Å². The molecule has 0 saturated heterocycles. The van der Waals surface area contributed by atoms with Crippen LogP contribution in [0.5, 0.6) is 0 Å². The molecule has 0 aliphatic heterocycles. The lowest BCUT2D eigenvalue weighted by Gasteiger charge is -2.02. The molecule has 0 fully saturated rings. The average molecular weight is 254 g/mol. The Morgan fingerprint density at radius 1 is 1.53 bits per heavy atom. The zero-order chi connectivity index (χ0) is 12.4. The maximum absolute atomic E-state index is 12.9. The third kappa shape index (κ3) is 2.50. The van der Waals surface area contributed by atoms with Crippen LogP contribution in [0.3, 0.4) is 0 Å². The van der Waals surface area contributed by atoms with Crippen LogP contribution in [0, 0.1) is 5.82 Å². The third-order valence-corrected chi connectivity index (χ3v) is 2.66. The van der Waals surface area contributed by atoms with E-state index in [1.54, 1.807) is 7.05 Å². The average Bonchev–Trinajstić information content (AvgIpc) is 2.68. The molecule has 0 unspecified atom stereocenters. The molecule has 0 bridgehead atoms. The highest BCUT2D eigenvalue weighted by atomic mass is 35.5. The number of hydrogen-bond donors (Lipinski definition) is 0. The van der Waals surface area contributed by atoms with Gasteiger partial charge in [-0.3, -0.25) is 9.48 Å². The number of Topliss-reactive ketones (excluding diaryl/α,β-unsaturated/α-hetero) is 1. The molecule has 0 spiro atoms. The number of aromatic nitrogens is 3. The van der Waals surface area contributed by atoms with Crippen LogP contribution in [0.1, 0.15) is 16.2 Å². The Kier molecular flexibility index (Phi) is 3.19. The van der Waals surface area contributed by atoms with Crippen molar-refractivity contribution in [1.82, 2.24) is 14.8 Å². The molecule has 1 aromatic heterocycles. The number of aryl methyl sites for hydroxylation is 1. The minimum atomic E-state index is -0.540. The topological polar surface area (TPSA) is 47.8 Å². The van der Waals surface area contributed by atoms with Crippen LogP contribution < -0.4 is 0 Å². The van der Waals surface area contributed by atoms with Crippen LogP contribution in [0.2, 0.25) is 5.02 Å². The summed E-state index contributed by atoms with van der Waals surface area (Å²) in [6, 6.07) is 3.89. The molecule has 0 saturated carbocycles. The highest BCUT2D eigenvalue weighted by Gasteiger charge is 2.12. The first kappa shape index (κ1) is 11.7. The van der Waals surface area contributed by atoms with Gasteiger partial charge in [-0.2, -0.15) is 5.10 Å². The van der Waals surface area contributed by atoms with Crippen molar-refractivity contribution in [3.8, 4) is 0 Å². The number of rotatable bonds is 3. The van der Waals surface area contributed by atoms with Gasteiger partial charge >= 0.3 is 0 Å². The second kappa shape index (κ2) is 4.63. The molecule has 2 aromatic rings. The molecule has 0 atom stereocenters. The molecule has 1 heterocycles. The normalized spacial score (nSPS) is 10.5. The molecule has 2 rings (SSSR count). The second-order valence-electron chi connectivity index (χ2n) is 3.53. The summed E-state index contributed by atoms with van der Waals surface area (Å²) in [6.07, 6.45) is 1.48. The highest BCUT2D eigenvalue weighted by Crippen LogP contribution is 2.17. The van der Waals surface area contributed by atoms with Crippen LogP contribution in [0.25, 0.3) is 0 Å². The number of ketones is 1. The Hall–Kier alpha value is -1.75. The summed E-state index contributed by atoms with van der Waals surface area (Å²) in [5.74, 6) is -0.166. The predicted octanol–water partition coefficient (Wildman–Crippen LogP) is 2.03. The van der Waals surface area contributed by atoms with Crippen molar-refractivity contribution < 1.29 is 9.18 Å². The van der Waals surface area contributed by atoms with Crippen molar-refractivity contribution >= 4 is 17.4 Å². The molecular formula is C11H9ClFN3O. The lowest BCUT2D eigenvalue weighted by Crippen LogP contribution is -2.09. The maximum atomic E-state index is 12.9. The van der Waals surface area contributed by atoms with E-state index in [4.69, 9.17) is 11.6 Å². The number of carbonyl (C=O) groups is 1. The second-order valence-corrected chi connectivity index (χ2v) is 3.94. The predicted molar refractivity (Wildman–Crippen MR) is 60.4 cm³/mol. The summed E-state index contributed by atoms with van der Waals surface area (Å²) in [5.41, 5.74) is 0.361. The van der Waals surface area contributed by atoms with Crippen LogP contribution in [0.4, 0.5) is 4.39 Å². The molecule has 17 heavy (non-hydrogen) atoms. The molecule has 0 N–H and O–H groups in total. The van der Waals surface area contributed by atoms with E-state index in [0.29, 0.717) is 11.4 Å². The standard InChI is InChI=1S/C11H9ClFN3O/c1-16-11(14-6-15-16)5-10(17)7-2-3-9(13)8(12)4-7/h2-4,6H,5H2,1H3. The molecule has 0 aliphatic carbocycles. The molecule has 1 aromatic carbocycles. The van der Waals surface area contributed by atoms with Gasteiger partial charge in [0.15, 0.2) is 5.78 Å². The third-order valence-electron chi connectivity index (χ3n) is 2.37. The van der Waals surface area contributed by atoms with E-state index in [1.807, 2.05) is 0 Å². The van der Waals surface area contributed by atoms with E-state index in [0.717, 1.165) is 0 Å². The first-order valence-corrected chi connectivity index (χ1v) is 5.27. The largest absolute Gasteiger partial charge is 0.294 e. The maximum Gasteiger partial charge on any atom is 0.170 e. The SMILES string of the molecule is Cn1ncnc1CC(=O)c1ccc(F)c(Cl)c1. The molecule has 4 nitrogen and oxygen atoms in total. The van der Waals surface area contributed by atoms with Gasteiger partial charge in [0, 0.05) is 12.6 Å². The van der Waals surface area contributed by atoms with Crippen molar-refractivity contribution in [2.45, 2.75) is 6.42 Å². The van der Waals surface area contributed by atoms with Crippen molar-refractivity contribution in [2.24, 2.45) is 7.05 Å². The van der Waals surface area contributed by atoms with Gasteiger partial charge in [0.25, 0.3) is 0 Å². The lowest BCUT2D eigenvalue weighted by atomic mass is 10.1. The minimum Gasteiger partial charge on any atom is -0.294 e. The fraction of sp³-hybridized carbons (Fsp3) is 0.182. The summed E-state index contributed by atoms with van der Waals surface area (Å²) in [4.78, 5) is 15.8. The van der Waals surface area contributed by atoms with E-state index in [1.165, 1.54) is 29.2 Å². The fourth-order valence-electron chi connectivity index (χ4n) is 1.40. The van der Waals surface area contributed by atoms with E-state index >= 15 is 0 Å². The lowest BCUT2D eigenvalue weighted by molar-refractivity contribution is 0.0989. The van der Waals surface area contributed by atoms with Gasteiger partial charge < -0.3 is 0 Å². The smallest absolute Gasteiger partial charge is 0.170 e. The number of hydrogen-bond acceptors (Lipinski definition) is 3. The molecule has 0 amide bonds. The molecule has 0 aliphatic rings. The monoisotopic (exact) mass is 253 g/mol. The summed E-state index contributed by atoms with van der Waals surface area (Å²) in [6.45, 7) is 0. The van der Waals surface area contributed by atoms with E-state index in [2.05, 4.69) is 10.1 Å². The van der Waals surface area contributed by atoms with Crippen molar-refractivity contribution in [1.29, 1.82) is 0 Å². The highest BCUT2D eigenvalue weighted by molar-refractivity contribution is 6.31. The van der Waals surface area contributed by atoms with Crippen LogP contribution in [-0.2, 0) is 13.5 Å². The summed E-state index contributed by atoms with van der Waals surface area (Å²) < 4.78 is 14.5. The number of halogens is 2. The zero-order valence-electron chi connectivity index (χ0n) is 9.02. The van der Waals surface area contributed by atoms with Gasteiger partial charge in [0.05, 0.1) is 11.4 Å². The van der Waals surface area contributed by atoms with Crippen molar-refractivity contribution in [3.05, 3.63) is 46.8 Å². The van der Waals surface area contributed by atoms with Gasteiger partial charge in [-0.05, 0) is 18.2 Å². The molecule has 6 heteroatoms. The van der Waals surface area contributed by atoms with Crippen molar-refractivity contribution in [3.63, 3.8) is 0 Å². The van der Waals surface area contributed by atoms with E-state index in [-0.39, 0.29) is 17.2 Å². The summed E-state index contributed by atoms with van der Waals surface area (Å²) in [5, 5.41) is 3.80. The van der Waals surface area contributed by atoms with Crippen LogP contribution in [-0.4, -0.2) is 20.5 Å².